The van der Waals surface area contributed by atoms with Crippen molar-refractivity contribution in [3.05, 3.63) is 58.0 Å². The summed E-state index contributed by atoms with van der Waals surface area (Å²) in [7, 11) is 0. The highest BCUT2D eigenvalue weighted by atomic mass is 35.5. The van der Waals surface area contributed by atoms with Crippen molar-refractivity contribution in [2.45, 2.75) is 0 Å². The van der Waals surface area contributed by atoms with E-state index in [9.17, 15) is 4.79 Å². The van der Waals surface area contributed by atoms with Gasteiger partial charge in [-0.3, -0.25) is 4.79 Å². The molecule has 14 heavy (non-hydrogen) atoms. The first-order valence-corrected chi connectivity index (χ1v) is 4.59. The molecule has 3 heteroatoms. The number of rotatable bonds is 1. The molecule has 0 radical (unpaired) electrons. The van der Waals surface area contributed by atoms with Crippen molar-refractivity contribution in [2.75, 3.05) is 0 Å². The van der Waals surface area contributed by atoms with Crippen LogP contribution in [0, 0.1) is 0 Å². The molecule has 70 valence electrons. The Hall–Kier alpha value is -1.54. The lowest BCUT2D eigenvalue weighted by Crippen LogP contribution is -2.02. The molecular formula is C11H8ClNO. The third-order valence-corrected chi connectivity index (χ3v) is 2.27. The average Bonchev–Trinajstić information content (AvgIpc) is 2.19. The van der Waals surface area contributed by atoms with Gasteiger partial charge < -0.3 is 4.98 Å². The van der Waals surface area contributed by atoms with E-state index in [0.717, 1.165) is 11.1 Å². The number of nitrogens with one attached hydrogen (secondary N) is 1. The fourth-order valence-corrected chi connectivity index (χ4v) is 1.55. The molecule has 0 aliphatic rings. The van der Waals surface area contributed by atoms with Crippen molar-refractivity contribution in [2.24, 2.45) is 0 Å². The van der Waals surface area contributed by atoms with Crippen molar-refractivity contribution in [3.63, 3.8) is 0 Å². The van der Waals surface area contributed by atoms with Crippen LogP contribution in [-0.2, 0) is 0 Å². The molecule has 0 aliphatic heterocycles. The van der Waals surface area contributed by atoms with Crippen LogP contribution < -0.4 is 5.56 Å². The van der Waals surface area contributed by atoms with Gasteiger partial charge >= 0.3 is 0 Å². The molecule has 2 aromatic rings. The molecule has 1 aromatic heterocycles. The zero-order valence-corrected chi connectivity index (χ0v) is 8.08. The summed E-state index contributed by atoms with van der Waals surface area (Å²) in [4.78, 5) is 13.5. The van der Waals surface area contributed by atoms with Crippen LogP contribution in [0.3, 0.4) is 0 Å². The molecule has 1 N–H and O–H groups in total. The van der Waals surface area contributed by atoms with E-state index in [4.69, 9.17) is 11.6 Å². The van der Waals surface area contributed by atoms with Crippen LogP contribution in [0.4, 0.5) is 0 Å². The van der Waals surface area contributed by atoms with Crippen molar-refractivity contribution in [3.8, 4) is 11.1 Å². The van der Waals surface area contributed by atoms with E-state index in [2.05, 4.69) is 4.98 Å². The Bertz CT molecular complexity index is 490. The summed E-state index contributed by atoms with van der Waals surface area (Å²) in [5.74, 6) is 0. The SMILES string of the molecule is O=c1cc(Cl)c(-c2ccccc2)c[nH]1. The number of hydrogen-bond acceptors (Lipinski definition) is 1. The summed E-state index contributed by atoms with van der Waals surface area (Å²) in [6.07, 6.45) is 1.62. The van der Waals surface area contributed by atoms with Crippen LogP contribution in [0.25, 0.3) is 11.1 Å². The second-order valence-corrected chi connectivity index (χ2v) is 3.33. The first kappa shape index (κ1) is 9.03. The van der Waals surface area contributed by atoms with Crippen LogP contribution in [0.15, 0.2) is 47.4 Å². The molecule has 2 nitrogen and oxygen atoms in total. The molecule has 0 atom stereocenters. The predicted molar refractivity (Wildman–Crippen MR) is 57.5 cm³/mol. The highest BCUT2D eigenvalue weighted by Crippen LogP contribution is 2.24. The summed E-state index contributed by atoms with van der Waals surface area (Å²) in [6, 6.07) is 11.1. The molecule has 0 bridgehead atoms. The average molecular weight is 206 g/mol. The zero-order valence-electron chi connectivity index (χ0n) is 7.33. The zero-order chi connectivity index (χ0) is 9.97. The smallest absolute Gasteiger partial charge is 0.249 e. The van der Waals surface area contributed by atoms with E-state index in [1.165, 1.54) is 6.07 Å². The van der Waals surface area contributed by atoms with Crippen LogP contribution in [0.1, 0.15) is 0 Å². The van der Waals surface area contributed by atoms with Crippen molar-refractivity contribution < 1.29 is 0 Å². The van der Waals surface area contributed by atoms with Gasteiger partial charge in [-0.1, -0.05) is 41.9 Å². The van der Waals surface area contributed by atoms with Crippen molar-refractivity contribution in [1.82, 2.24) is 4.98 Å². The van der Waals surface area contributed by atoms with E-state index in [1.54, 1.807) is 6.20 Å². The molecule has 0 aliphatic carbocycles. The molecular weight excluding hydrogens is 198 g/mol. The van der Waals surface area contributed by atoms with Gasteiger partial charge in [0, 0.05) is 17.8 Å². The number of H-pyrrole nitrogens is 1. The molecule has 0 fully saturated rings. The lowest BCUT2D eigenvalue weighted by atomic mass is 10.1. The molecule has 1 aromatic carbocycles. The Labute approximate surface area is 86.2 Å². The van der Waals surface area contributed by atoms with E-state index < -0.39 is 0 Å². The van der Waals surface area contributed by atoms with Crippen LogP contribution in [0.2, 0.25) is 5.02 Å². The van der Waals surface area contributed by atoms with Gasteiger partial charge in [0.1, 0.15) is 0 Å². The third kappa shape index (κ3) is 1.70. The van der Waals surface area contributed by atoms with Gasteiger partial charge in [-0.05, 0) is 5.56 Å². The molecule has 0 unspecified atom stereocenters. The minimum Gasteiger partial charge on any atom is -0.328 e. The molecule has 0 spiro atoms. The van der Waals surface area contributed by atoms with Gasteiger partial charge in [-0.25, -0.2) is 0 Å². The third-order valence-electron chi connectivity index (χ3n) is 1.96. The Morgan fingerprint density at radius 2 is 1.86 bits per heavy atom. The number of benzene rings is 1. The summed E-state index contributed by atoms with van der Waals surface area (Å²) in [5.41, 5.74) is 1.65. The van der Waals surface area contributed by atoms with Gasteiger partial charge in [0.05, 0.1) is 5.02 Å². The van der Waals surface area contributed by atoms with Crippen LogP contribution >= 0.6 is 11.6 Å². The fourth-order valence-electron chi connectivity index (χ4n) is 1.29. The van der Waals surface area contributed by atoms with Crippen LogP contribution in [0.5, 0.6) is 0 Å². The van der Waals surface area contributed by atoms with E-state index in [1.807, 2.05) is 30.3 Å². The number of aromatic nitrogens is 1. The van der Waals surface area contributed by atoms with Gasteiger partial charge in [0.2, 0.25) is 5.56 Å². The quantitative estimate of drug-likeness (QED) is 0.763. The Morgan fingerprint density at radius 3 is 2.50 bits per heavy atom. The first-order valence-electron chi connectivity index (χ1n) is 4.21. The highest BCUT2D eigenvalue weighted by Gasteiger charge is 2.02. The molecule has 0 amide bonds. The van der Waals surface area contributed by atoms with E-state index >= 15 is 0 Å². The van der Waals surface area contributed by atoms with Gasteiger partial charge in [-0.2, -0.15) is 0 Å². The lowest BCUT2D eigenvalue weighted by Gasteiger charge is -2.02. The van der Waals surface area contributed by atoms with Gasteiger partial charge in [0.15, 0.2) is 0 Å². The molecule has 0 saturated carbocycles. The summed E-state index contributed by atoms with van der Waals surface area (Å²) in [6.45, 7) is 0. The van der Waals surface area contributed by atoms with Gasteiger partial charge in [-0.15, -0.1) is 0 Å². The summed E-state index contributed by atoms with van der Waals surface area (Å²) in [5, 5.41) is 0.472. The minimum absolute atomic E-state index is 0.185. The number of halogens is 1. The van der Waals surface area contributed by atoms with E-state index in [-0.39, 0.29) is 5.56 Å². The Kier molecular flexibility index (Phi) is 2.37. The standard InChI is InChI=1S/C11H8ClNO/c12-10-6-11(14)13-7-9(10)8-4-2-1-3-5-8/h1-7H,(H,13,14). The van der Waals surface area contributed by atoms with Gasteiger partial charge in [0.25, 0.3) is 0 Å². The normalized spacial score (nSPS) is 10.1. The van der Waals surface area contributed by atoms with Crippen LogP contribution in [-0.4, -0.2) is 4.98 Å². The Balaban J connectivity index is 2.58. The fraction of sp³-hybridized carbons (Fsp3) is 0. The maximum atomic E-state index is 10.9. The predicted octanol–water partition coefficient (Wildman–Crippen LogP) is 2.70. The molecule has 2 rings (SSSR count). The molecule has 1 heterocycles. The first-order chi connectivity index (χ1) is 6.77. The van der Waals surface area contributed by atoms with Crippen molar-refractivity contribution >= 4 is 11.6 Å². The summed E-state index contributed by atoms with van der Waals surface area (Å²) < 4.78 is 0. The lowest BCUT2D eigenvalue weighted by molar-refractivity contribution is 1.24. The molecule has 0 saturated heterocycles. The number of hydrogen-bond donors (Lipinski definition) is 1. The van der Waals surface area contributed by atoms with Crippen molar-refractivity contribution in [1.29, 1.82) is 0 Å². The monoisotopic (exact) mass is 205 g/mol. The topological polar surface area (TPSA) is 32.9 Å². The largest absolute Gasteiger partial charge is 0.328 e. The second kappa shape index (κ2) is 3.68. The minimum atomic E-state index is -0.185. The number of aromatic amines is 1. The Morgan fingerprint density at radius 1 is 1.14 bits per heavy atom. The maximum Gasteiger partial charge on any atom is 0.249 e. The number of pyridine rings is 1. The van der Waals surface area contributed by atoms with E-state index in [0.29, 0.717) is 5.02 Å². The highest BCUT2D eigenvalue weighted by molar-refractivity contribution is 6.33. The second-order valence-electron chi connectivity index (χ2n) is 2.92. The maximum absolute atomic E-state index is 10.9. The summed E-state index contributed by atoms with van der Waals surface area (Å²) >= 11 is 5.94.